The highest BCUT2D eigenvalue weighted by Gasteiger charge is 2.33. The fourth-order valence-electron chi connectivity index (χ4n) is 5.66. The highest BCUT2D eigenvalue weighted by Crippen LogP contribution is 2.44. The molecule has 0 radical (unpaired) electrons. The predicted molar refractivity (Wildman–Crippen MR) is 164 cm³/mol. The molecule has 14 heteroatoms. The van der Waals surface area contributed by atoms with Gasteiger partial charge in [0.2, 0.25) is 5.95 Å². The molecule has 1 aliphatic rings. The van der Waals surface area contributed by atoms with Crippen LogP contribution in [-0.2, 0) is 40.8 Å². The van der Waals surface area contributed by atoms with Gasteiger partial charge in [0.15, 0.2) is 11.2 Å². The fraction of sp³-hybridized carbons (Fsp3) is 0.483. The maximum Gasteiger partial charge on any atom is 0.405 e. The SMILES string of the molecule is CC#CCn1c(N2CCC[C@@H](NP(=O)(OCC)OCC)C2)nc2c1c(=O)n(Cc1cc3ccc(F)cc3n1C)c(=O)n2C. The van der Waals surface area contributed by atoms with E-state index in [9.17, 15) is 18.5 Å². The van der Waals surface area contributed by atoms with Gasteiger partial charge >= 0.3 is 13.4 Å². The van der Waals surface area contributed by atoms with Gasteiger partial charge in [0, 0.05) is 44.3 Å². The van der Waals surface area contributed by atoms with Crippen LogP contribution in [0.25, 0.3) is 22.1 Å². The number of imidazole rings is 1. The summed E-state index contributed by atoms with van der Waals surface area (Å²) < 4.78 is 44.0. The first-order valence-electron chi connectivity index (χ1n) is 14.4. The molecule has 5 rings (SSSR count). The summed E-state index contributed by atoms with van der Waals surface area (Å²) in [5, 5.41) is 3.88. The van der Waals surface area contributed by atoms with Gasteiger partial charge in [0.1, 0.15) is 5.82 Å². The molecule has 0 bridgehead atoms. The molecular weight excluding hydrogens is 576 g/mol. The van der Waals surface area contributed by atoms with E-state index < -0.39 is 19.0 Å². The van der Waals surface area contributed by atoms with Crippen LogP contribution in [0.15, 0.2) is 33.9 Å². The van der Waals surface area contributed by atoms with Crippen molar-refractivity contribution in [1.82, 2.24) is 28.3 Å². The zero-order valence-corrected chi connectivity index (χ0v) is 26.0. The minimum atomic E-state index is -3.49. The summed E-state index contributed by atoms with van der Waals surface area (Å²) in [6.07, 6.45) is 1.51. The number of hydrogen-bond donors (Lipinski definition) is 1. The number of benzene rings is 1. The summed E-state index contributed by atoms with van der Waals surface area (Å²) in [6, 6.07) is 6.10. The molecule has 1 atom stereocenters. The van der Waals surface area contributed by atoms with E-state index in [1.807, 2.05) is 11.0 Å². The van der Waals surface area contributed by atoms with E-state index in [1.54, 1.807) is 50.1 Å². The number of aryl methyl sites for hydroxylation is 2. The molecule has 4 heterocycles. The molecule has 1 aromatic carbocycles. The molecule has 1 saturated heterocycles. The number of nitrogens with one attached hydrogen (secondary N) is 1. The maximum atomic E-state index is 14.0. The molecule has 43 heavy (non-hydrogen) atoms. The molecule has 0 amide bonds. The van der Waals surface area contributed by atoms with E-state index >= 15 is 0 Å². The molecule has 1 N–H and O–H groups in total. The van der Waals surface area contributed by atoms with E-state index in [1.165, 1.54) is 21.3 Å². The number of aromatic nitrogens is 5. The molecule has 3 aromatic heterocycles. The summed E-state index contributed by atoms with van der Waals surface area (Å²) in [5.74, 6) is 6.06. The summed E-state index contributed by atoms with van der Waals surface area (Å²) >= 11 is 0. The van der Waals surface area contributed by atoms with Crippen LogP contribution in [0.1, 0.15) is 39.3 Å². The molecule has 0 aliphatic carbocycles. The molecule has 0 saturated carbocycles. The van der Waals surface area contributed by atoms with Gasteiger partial charge in [0.25, 0.3) is 5.56 Å². The lowest BCUT2D eigenvalue weighted by atomic mass is 10.1. The molecule has 0 spiro atoms. The molecule has 1 aliphatic heterocycles. The molecule has 230 valence electrons. The zero-order valence-electron chi connectivity index (χ0n) is 25.1. The molecule has 12 nitrogen and oxygen atoms in total. The number of halogens is 1. The van der Waals surface area contributed by atoms with E-state index in [2.05, 4.69) is 16.9 Å². The number of anilines is 1. The van der Waals surface area contributed by atoms with Gasteiger partial charge in [-0.2, -0.15) is 4.98 Å². The molecule has 4 aromatic rings. The van der Waals surface area contributed by atoms with Gasteiger partial charge in [-0.05, 0) is 57.9 Å². The number of piperidine rings is 1. The Morgan fingerprint density at radius 3 is 2.56 bits per heavy atom. The van der Waals surface area contributed by atoms with Gasteiger partial charge in [-0.15, -0.1) is 5.92 Å². The van der Waals surface area contributed by atoms with Crippen LogP contribution in [-0.4, -0.2) is 55.6 Å². The lowest BCUT2D eigenvalue weighted by Crippen LogP contribution is -2.46. The zero-order chi connectivity index (χ0) is 30.9. The standard InChI is InChI=1S/C29H37FN7O5P/c1-6-9-15-36-25-26(31-28(36)35-14-10-11-22(18-35)32-43(40,41-7-2)42-8-3)34(5)29(39)37(27(25)38)19-23-16-20-12-13-21(30)17-24(20)33(23)4/h12-13,16-17,22H,7-8,10-11,14-15,18-19H2,1-5H3,(H,32,40)/t22-/m1/s1. The van der Waals surface area contributed by atoms with Gasteiger partial charge in [-0.1, -0.05) is 5.92 Å². The number of fused-ring (bicyclic) bond motifs is 2. The maximum absolute atomic E-state index is 14.0. The van der Waals surface area contributed by atoms with Crippen molar-refractivity contribution < 1.29 is 18.0 Å². The number of rotatable bonds is 10. The Labute approximate surface area is 248 Å². The van der Waals surface area contributed by atoms with Crippen molar-refractivity contribution in [2.75, 3.05) is 31.2 Å². The summed E-state index contributed by atoms with van der Waals surface area (Å²) in [6.45, 7) is 6.97. The Bertz CT molecular complexity index is 1890. The van der Waals surface area contributed by atoms with Crippen molar-refractivity contribution in [1.29, 1.82) is 0 Å². The molecule has 0 unspecified atom stereocenters. The average molecular weight is 614 g/mol. The van der Waals surface area contributed by atoms with Crippen LogP contribution in [0.3, 0.4) is 0 Å². The lowest BCUT2D eigenvalue weighted by Gasteiger charge is -2.35. The van der Waals surface area contributed by atoms with Crippen molar-refractivity contribution in [3.05, 3.63) is 56.6 Å². The van der Waals surface area contributed by atoms with Crippen LogP contribution in [0.5, 0.6) is 0 Å². The molecule has 1 fully saturated rings. The van der Waals surface area contributed by atoms with Gasteiger partial charge in [-0.3, -0.25) is 27.5 Å². The first-order chi connectivity index (χ1) is 20.6. The second-order valence-corrected chi connectivity index (χ2v) is 12.2. The Kier molecular flexibility index (Phi) is 8.94. The summed E-state index contributed by atoms with van der Waals surface area (Å²) in [4.78, 5) is 34.4. The Hall–Kier alpha value is -3.69. The van der Waals surface area contributed by atoms with Crippen molar-refractivity contribution >= 4 is 35.8 Å². The third-order valence-corrected chi connectivity index (χ3v) is 9.57. The number of hydrogen-bond acceptors (Lipinski definition) is 7. The van der Waals surface area contributed by atoms with E-state index in [0.717, 1.165) is 18.2 Å². The van der Waals surface area contributed by atoms with Crippen LogP contribution in [0.4, 0.5) is 10.3 Å². The van der Waals surface area contributed by atoms with Crippen LogP contribution < -0.4 is 21.2 Å². The highest BCUT2D eigenvalue weighted by atomic mass is 31.2. The summed E-state index contributed by atoms with van der Waals surface area (Å²) in [5.41, 5.74) is 0.848. The lowest BCUT2D eigenvalue weighted by molar-refractivity contribution is 0.204. The fourth-order valence-corrected chi connectivity index (χ4v) is 7.22. The third-order valence-electron chi connectivity index (χ3n) is 7.70. The van der Waals surface area contributed by atoms with Crippen molar-refractivity contribution in [3.63, 3.8) is 0 Å². The normalized spacial score (nSPS) is 15.8. The minimum Gasteiger partial charge on any atom is -0.346 e. The monoisotopic (exact) mass is 613 g/mol. The average Bonchev–Trinajstić information content (AvgIpc) is 3.51. The van der Waals surface area contributed by atoms with Gasteiger partial charge < -0.3 is 9.47 Å². The first kappa shape index (κ1) is 30.8. The predicted octanol–water partition coefficient (Wildman–Crippen LogP) is 3.34. The Morgan fingerprint density at radius 1 is 1.12 bits per heavy atom. The first-order valence-corrected chi connectivity index (χ1v) is 15.9. The van der Waals surface area contributed by atoms with Crippen molar-refractivity contribution in [2.45, 2.75) is 52.7 Å². The van der Waals surface area contributed by atoms with Crippen LogP contribution in [0.2, 0.25) is 0 Å². The van der Waals surface area contributed by atoms with Gasteiger partial charge in [0.05, 0.1) is 31.8 Å². The van der Waals surface area contributed by atoms with E-state index in [0.29, 0.717) is 30.2 Å². The smallest absolute Gasteiger partial charge is 0.346 e. The highest BCUT2D eigenvalue weighted by molar-refractivity contribution is 7.51. The largest absolute Gasteiger partial charge is 0.405 e. The quantitative estimate of drug-likeness (QED) is 0.214. The summed E-state index contributed by atoms with van der Waals surface area (Å²) in [7, 11) is -0.124. The second-order valence-electron chi connectivity index (χ2n) is 10.5. The van der Waals surface area contributed by atoms with E-state index in [4.69, 9.17) is 14.0 Å². The van der Waals surface area contributed by atoms with Crippen molar-refractivity contribution in [2.24, 2.45) is 14.1 Å². The topological polar surface area (TPSA) is 118 Å². The second kappa shape index (κ2) is 12.5. The Morgan fingerprint density at radius 2 is 1.86 bits per heavy atom. The Balaban J connectivity index is 1.57. The van der Waals surface area contributed by atoms with Crippen LogP contribution in [0, 0.1) is 17.7 Å². The van der Waals surface area contributed by atoms with Gasteiger partial charge in [-0.25, -0.2) is 18.8 Å². The molecular formula is C29H37FN7O5P. The number of nitrogens with zero attached hydrogens (tertiary/aromatic N) is 6. The minimum absolute atomic E-state index is 0.00589. The van der Waals surface area contributed by atoms with E-state index in [-0.39, 0.29) is 49.3 Å². The van der Waals surface area contributed by atoms with Crippen LogP contribution >= 0.6 is 7.75 Å². The van der Waals surface area contributed by atoms with Crippen molar-refractivity contribution in [3.8, 4) is 11.8 Å². The third kappa shape index (κ3) is 5.93.